The second-order valence-corrected chi connectivity index (χ2v) is 4.56. The van der Waals surface area contributed by atoms with Crippen molar-refractivity contribution in [2.75, 3.05) is 6.54 Å². The van der Waals surface area contributed by atoms with Crippen LogP contribution in [0.1, 0.15) is 0 Å². The molecule has 0 spiro atoms. The number of hydrogen-bond donors (Lipinski definition) is 1. The van der Waals surface area contributed by atoms with E-state index in [4.69, 9.17) is 16.9 Å². The summed E-state index contributed by atoms with van der Waals surface area (Å²) in [6, 6.07) is 7.72. The van der Waals surface area contributed by atoms with E-state index in [-0.39, 0.29) is 16.5 Å². The molecule has 1 aromatic rings. The molecule has 0 bridgehead atoms. The highest BCUT2D eigenvalue weighted by Gasteiger charge is 2.15. The first kappa shape index (κ1) is 11.0. The van der Waals surface area contributed by atoms with Gasteiger partial charge < -0.3 is 0 Å². The molecule has 14 heavy (non-hydrogen) atoms. The molecule has 4 nitrogen and oxygen atoms in total. The molecule has 0 unspecified atom stereocenters. The Morgan fingerprint density at radius 3 is 2.64 bits per heavy atom. The Balaban J connectivity index is 3.06. The van der Waals surface area contributed by atoms with Crippen molar-refractivity contribution in [2.24, 2.45) is 0 Å². The standard InChI is InChI=1S/C8H7ClN2O2S/c9-7-3-1-2-4-8(7)14(12,13)11-6-5-10/h1-4,11H,6H2. The summed E-state index contributed by atoms with van der Waals surface area (Å²) in [5.74, 6) is 0. The van der Waals surface area contributed by atoms with Crippen molar-refractivity contribution in [2.45, 2.75) is 4.90 Å². The SMILES string of the molecule is N#CCNS(=O)(=O)c1ccccc1Cl. The molecule has 0 aromatic heterocycles. The van der Waals surface area contributed by atoms with Gasteiger partial charge in [-0.2, -0.15) is 9.98 Å². The van der Waals surface area contributed by atoms with Crippen LogP contribution >= 0.6 is 11.6 Å². The summed E-state index contributed by atoms with van der Waals surface area (Å²) in [5.41, 5.74) is 0. The molecule has 1 aromatic carbocycles. The van der Waals surface area contributed by atoms with Crippen molar-refractivity contribution in [3.63, 3.8) is 0 Å². The molecule has 74 valence electrons. The van der Waals surface area contributed by atoms with Gasteiger partial charge in [-0.05, 0) is 12.1 Å². The van der Waals surface area contributed by atoms with Crippen molar-refractivity contribution in [1.29, 1.82) is 5.26 Å². The predicted octanol–water partition coefficient (Wildman–Crippen LogP) is 1.14. The molecular formula is C8H7ClN2O2S. The van der Waals surface area contributed by atoms with Crippen LogP contribution in [0.2, 0.25) is 5.02 Å². The Bertz CT molecular complexity index is 464. The maximum atomic E-state index is 11.5. The molecule has 1 rings (SSSR count). The maximum Gasteiger partial charge on any atom is 0.242 e. The van der Waals surface area contributed by atoms with Crippen LogP contribution in [0.4, 0.5) is 0 Å². The van der Waals surface area contributed by atoms with Gasteiger partial charge in [0.25, 0.3) is 0 Å². The molecule has 0 aliphatic rings. The van der Waals surface area contributed by atoms with Crippen LogP contribution in [0.25, 0.3) is 0 Å². The molecule has 0 saturated heterocycles. The first-order chi connectivity index (χ1) is 6.58. The number of halogens is 1. The van der Waals surface area contributed by atoms with Crippen LogP contribution in [0.5, 0.6) is 0 Å². The third kappa shape index (κ3) is 2.45. The lowest BCUT2D eigenvalue weighted by atomic mass is 10.4. The van der Waals surface area contributed by atoms with Gasteiger partial charge in [0.05, 0.1) is 17.6 Å². The predicted molar refractivity (Wildman–Crippen MR) is 52.3 cm³/mol. The summed E-state index contributed by atoms with van der Waals surface area (Å²) < 4.78 is 25.0. The lowest BCUT2D eigenvalue weighted by molar-refractivity contribution is 0.586. The molecule has 0 heterocycles. The third-order valence-corrected chi connectivity index (χ3v) is 3.37. The van der Waals surface area contributed by atoms with Gasteiger partial charge in [-0.15, -0.1) is 0 Å². The second kappa shape index (κ2) is 4.42. The van der Waals surface area contributed by atoms with Crippen LogP contribution in [0.3, 0.4) is 0 Å². The molecule has 6 heteroatoms. The minimum absolute atomic E-state index is 0.0167. The average Bonchev–Trinajstić information content (AvgIpc) is 2.15. The lowest BCUT2D eigenvalue weighted by Crippen LogP contribution is -2.24. The van der Waals surface area contributed by atoms with Crippen molar-refractivity contribution in [3.8, 4) is 6.07 Å². The summed E-state index contributed by atoms with van der Waals surface area (Å²) in [5, 5.41) is 8.37. The van der Waals surface area contributed by atoms with Gasteiger partial charge in [-0.25, -0.2) is 8.42 Å². The van der Waals surface area contributed by atoms with E-state index in [0.29, 0.717) is 0 Å². The molecule has 0 aliphatic heterocycles. The zero-order valence-corrected chi connectivity index (χ0v) is 8.64. The van der Waals surface area contributed by atoms with E-state index in [1.807, 2.05) is 0 Å². The van der Waals surface area contributed by atoms with Gasteiger partial charge in [-0.3, -0.25) is 0 Å². The molecule has 0 saturated carbocycles. The van der Waals surface area contributed by atoms with Gasteiger partial charge in [-0.1, -0.05) is 23.7 Å². The van der Waals surface area contributed by atoms with Crippen LogP contribution in [-0.2, 0) is 10.0 Å². The van der Waals surface area contributed by atoms with Crippen molar-refractivity contribution < 1.29 is 8.42 Å². The maximum absolute atomic E-state index is 11.5. The summed E-state index contributed by atoms with van der Waals surface area (Å²) in [7, 11) is -3.66. The summed E-state index contributed by atoms with van der Waals surface area (Å²) in [6.45, 7) is -0.270. The number of hydrogen-bond acceptors (Lipinski definition) is 3. The molecule has 0 radical (unpaired) electrons. The average molecular weight is 231 g/mol. The van der Waals surface area contributed by atoms with E-state index in [0.717, 1.165) is 0 Å². The quantitative estimate of drug-likeness (QED) is 0.792. The minimum atomic E-state index is -3.66. The number of rotatable bonds is 3. The normalized spacial score (nSPS) is 10.9. The van der Waals surface area contributed by atoms with E-state index >= 15 is 0 Å². The summed E-state index contributed by atoms with van der Waals surface area (Å²) >= 11 is 5.69. The fraction of sp³-hybridized carbons (Fsp3) is 0.125. The molecule has 0 amide bonds. The molecular weight excluding hydrogens is 224 g/mol. The molecule has 1 N–H and O–H groups in total. The van der Waals surface area contributed by atoms with Crippen LogP contribution in [0.15, 0.2) is 29.2 Å². The van der Waals surface area contributed by atoms with Gasteiger partial charge in [0.2, 0.25) is 10.0 Å². The smallest absolute Gasteiger partial charge is 0.207 e. The van der Waals surface area contributed by atoms with E-state index in [1.54, 1.807) is 18.2 Å². The van der Waals surface area contributed by atoms with Gasteiger partial charge in [0, 0.05) is 0 Å². The fourth-order valence-electron chi connectivity index (χ4n) is 0.868. The zero-order valence-electron chi connectivity index (χ0n) is 7.07. The number of nitrogens with one attached hydrogen (secondary N) is 1. The minimum Gasteiger partial charge on any atom is -0.207 e. The van der Waals surface area contributed by atoms with Gasteiger partial charge in [0.15, 0.2) is 0 Å². The van der Waals surface area contributed by atoms with E-state index in [9.17, 15) is 8.42 Å². The Kier molecular flexibility index (Phi) is 3.47. The largest absolute Gasteiger partial charge is 0.242 e. The zero-order chi connectivity index (χ0) is 10.6. The van der Waals surface area contributed by atoms with Crippen molar-refractivity contribution in [3.05, 3.63) is 29.3 Å². The Hall–Kier alpha value is -1.09. The fourth-order valence-corrected chi connectivity index (χ4v) is 2.30. The number of nitriles is 1. The summed E-state index contributed by atoms with van der Waals surface area (Å²) in [4.78, 5) is -0.0167. The first-order valence-corrected chi connectivity index (χ1v) is 5.55. The first-order valence-electron chi connectivity index (χ1n) is 3.69. The van der Waals surface area contributed by atoms with Crippen LogP contribution in [0, 0.1) is 11.3 Å². The van der Waals surface area contributed by atoms with Crippen LogP contribution in [-0.4, -0.2) is 15.0 Å². The van der Waals surface area contributed by atoms with Crippen LogP contribution < -0.4 is 4.72 Å². The van der Waals surface area contributed by atoms with Crippen molar-refractivity contribution >= 4 is 21.6 Å². The van der Waals surface area contributed by atoms with E-state index < -0.39 is 10.0 Å². The second-order valence-electron chi connectivity index (χ2n) is 2.41. The highest BCUT2D eigenvalue weighted by Crippen LogP contribution is 2.19. The number of nitrogens with zero attached hydrogens (tertiary/aromatic N) is 1. The molecule has 0 aliphatic carbocycles. The Morgan fingerprint density at radius 1 is 1.43 bits per heavy atom. The Morgan fingerprint density at radius 2 is 2.07 bits per heavy atom. The van der Waals surface area contributed by atoms with E-state index in [1.165, 1.54) is 12.1 Å². The third-order valence-electron chi connectivity index (χ3n) is 1.47. The summed E-state index contributed by atoms with van der Waals surface area (Å²) in [6.07, 6.45) is 0. The topological polar surface area (TPSA) is 70.0 Å². The highest BCUT2D eigenvalue weighted by atomic mass is 35.5. The number of benzene rings is 1. The van der Waals surface area contributed by atoms with Gasteiger partial charge >= 0.3 is 0 Å². The van der Waals surface area contributed by atoms with E-state index in [2.05, 4.69) is 4.72 Å². The monoisotopic (exact) mass is 230 g/mol. The van der Waals surface area contributed by atoms with Crippen molar-refractivity contribution in [1.82, 2.24) is 4.72 Å². The highest BCUT2D eigenvalue weighted by molar-refractivity contribution is 7.89. The number of sulfonamides is 1. The molecule has 0 fully saturated rings. The lowest BCUT2D eigenvalue weighted by Gasteiger charge is -2.04. The Labute approximate surface area is 87.2 Å². The van der Waals surface area contributed by atoms with Gasteiger partial charge in [0.1, 0.15) is 4.90 Å². The molecule has 0 atom stereocenters.